The zero-order valence-electron chi connectivity index (χ0n) is 34.8. The van der Waals surface area contributed by atoms with Gasteiger partial charge >= 0.3 is 17.9 Å². The van der Waals surface area contributed by atoms with Gasteiger partial charge in [-0.25, -0.2) is 4.79 Å². The Bertz CT molecular complexity index is 869. The molecule has 1 N–H and O–H groups in total. The number of aliphatic carboxylic acids is 1. The predicted molar refractivity (Wildman–Crippen MR) is 215 cm³/mol. The topological polar surface area (TPSA) is 99.1 Å². The number of rotatable bonds is 39. The van der Waals surface area contributed by atoms with Crippen molar-refractivity contribution in [3.63, 3.8) is 0 Å². The van der Waals surface area contributed by atoms with E-state index in [1.165, 1.54) is 128 Å². The first kappa shape index (κ1) is 50.1. The summed E-state index contributed by atoms with van der Waals surface area (Å²) in [5.41, 5.74) is 0. The van der Waals surface area contributed by atoms with Gasteiger partial charge in [0.1, 0.15) is 6.61 Å². The number of likely N-dealkylation sites (N-methyl/N-ethyl adjacent to an activating group) is 1. The number of hydrogen-bond acceptors (Lipinski definition) is 6. The molecule has 0 saturated carbocycles. The molecular formula is C44H84NO7+. The molecule has 0 aromatic carbocycles. The third kappa shape index (κ3) is 33.9. The molecule has 2 atom stereocenters. The molecular weight excluding hydrogens is 654 g/mol. The number of hydrogen-bond donors (Lipinski definition) is 1. The third-order valence-electron chi connectivity index (χ3n) is 9.91. The summed E-state index contributed by atoms with van der Waals surface area (Å²) < 4.78 is 17.3. The number of quaternary nitrogens is 1. The number of nitrogens with zero attached hydrogens (tertiary/aromatic N) is 1. The first-order valence-electron chi connectivity index (χ1n) is 21.7. The van der Waals surface area contributed by atoms with Crippen molar-refractivity contribution >= 4 is 17.9 Å². The Hall–Kier alpha value is -1.93. The number of carbonyl (C=O) groups is 3. The van der Waals surface area contributed by atoms with Gasteiger partial charge in [-0.05, 0) is 38.5 Å². The van der Waals surface area contributed by atoms with Crippen LogP contribution in [0.25, 0.3) is 0 Å². The fourth-order valence-corrected chi connectivity index (χ4v) is 6.50. The molecule has 0 aromatic heterocycles. The smallest absolute Gasteiger partial charge is 0.362 e. The summed E-state index contributed by atoms with van der Waals surface area (Å²) in [4.78, 5) is 36.9. The fraction of sp³-hybridized carbons (Fsp3) is 0.886. The second-order valence-electron chi connectivity index (χ2n) is 16.0. The second kappa shape index (κ2) is 36.1. The van der Waals surface area contributed by atoms with Gasteiger partial charge in [-0.1, -0.05) is 154 Å². The highest BCUT2D eigenvalue weighted by molar-refractivity contribution is 5.72. The highest BCUT2D eigenvalue weighted by Crippen LogP contribution is 2.15. The van der Waals surface area contributed by atoms with Gasteiger partial charge in [0.2, 0.25) is 0 Å². The Morgan fingerprint density at radius 3 is 1.40 bits per heavy atom. The summed E-state index contributed by atoms with van der Waals surface area (Å²) >= 11 is 0. The van der Waals surface area contributed by atoms with E-state index >= 15 is 0 Å². The van der Waals surface area contributed by atoms with E-state index in [0.29, 0.717) is 19.3 Å². The monoisotopic (exact) mass is 739 g/mol. The summed E-state index contributed by atoms with van der Waals surface area (Å²) in [6.45, 7) is 4.73. The average Bonchev–Trinajstić information content (AvgIpc) is 3.09. The number of ether oxygens (including phenoxy) is 3. The van der Waals surface area contributed by atoms with Crippen molar-refractivity contribution in [2.45, 2.75) is 212 Å². The van der Waals surface area contributed by atoms with E-state index in [1.807, 2.05) is 21.1 Å². The van der Waals surface area contributed by atoms with Crippen molar-refractivity contribution in [3.8, 4) is 0 Å². The second-order valence-corrected chi connectivity index (χ2v) is 16.0. The number of unbranched alkanes of at least 4 members (excludes halogenated alkanes) is 23. The van der Waals surface area contributed by atoms with Gasteiger partial charge in [-0.2, -0.15) is 0 Å². The third-order valence-corrected chi connectivity index (χ3v) is 9.91. The van der Waals surface area contributed by atoms with Gasteiger partial charge in [0.15, 0.2) is 12.1 Å². The number of carboxylic acid groups (broad SMARTS) is 1. The largest absolute Gasteiger partial charge is 0.477 e. The lowest BCUT2D eigenvalue weighted by Gasteiger charge is -2.31. The van der Waals surface area contributed by atoms with Gasteiger partial charge in [-0.3, -0.25) is 9.59 Å². The normalized spacial score (nSPS) is 13.0. The zero-order chi connectivity index (χ0) is 38.5. The SMILES string of the molecule is CCCCCC/C=C/CCCCCCCCCC(=O)OCC(COCCC(C(=O)O)[N+](C)(C)C)OC(=O)CCCCCCCCCCCCCCC. The molecule has 2 unspecified atom stereocenters. The molecule has 0 aromatic rings. The molecule has 306 valence electrons. The molecule has 52 heavy (non-hydrogen) atoms. The minimum Gasteiger partial charge on any atom is -0.477 e. The highest BCUT2D eigenvalue weighted by atomic mass is 16.6. The molecule has 0 saturated heterocycles. The molecule has 0 rings (SSSR count). The van der Waals surface area contributed by atoms with E-state index in [9.17, 15) is 19.5 Å². The van der Waals surface area contributed by atoms with Gasteiger partial charge < -0.3 is 23.8 Å². The number of carboxylic acids is 1. The van der Waals surface area contributed by atoms with Crippen molar-refractivity contribution in [1.29, 1.82) is 0 Å². The fourth-order valence-electron chi connectivity index (χ4n) is 6.50. The van der Waals surface area contributed by atoms with Crippen molar-refractivity contribution in [2.24, 2.45) is 0 Å². The van der Waals surface area contributed by atoms with Crippen LogP contribution in [0, 0.1) is 0 Å². The molecule has 0 amide bonds. The van der Waals surface area contributed by atoms with Gasteiger partial charge in [-0.15, -0.1) is 0 Å². The van der Waals surface area contributed by atoms with Crippen LogP contribution in [-0.2, 0) is 28.6 Å². The van der Waals surface area contributed by atoms with Gasteiger partial charge in [0, 0.05) is 19.3 Å². The standard InChI is InChI=1S/C44H83NO7/c1-6-8-10-12-14-16-18-20-21-23-24-26-28-30-32-34-42(46)51-39-40(38-50-37-36-41(44(48)49)45(3,4)5)52-43(47)35-33-31-29-27-25-22-19-17-15-13-11-9-7-2/h16,18,40-41H,6-15,17,19-39H2,1-5H3/p+1/b18-16+. The minimum absolute atomic E-state index is 0.0476. The maximum Gasteiger partial charge on any atom is 0.362 e. The summed E-state index contributed by atoms with van der Waals surface area (Å²) in [6.07, 6.45) is 36.7. The molecule has 8 nitrogen and oxygen atoms in total. The first-order chi connectivity index (χ1) is 25.1. The summed E-state index contributed by atoms with van der Waals surface area (Å²) in [5.74, 6) is -1.46. The van der Waals surface area contributed by atoms with E-state index < -0.39 is 18.1 Å². The Morgan fingerprint density at radius 1 is 0.558 bits per heavy atom. The number of carbonyl (C=O) groups excluding carboxylic acids is 2. The molecule has 0 radical (unpaired) electrons. The zero-order valence-corrected chi connectivity index (χ0v) is 34.8. The molecule has 0 aliphatic rings. The van der Waals surface area contributed by atoms with Crippen LogP contribution in [0.2, 0.25) is 0 Å². The van der Waals surface area contributed by atoms with E-state index in [-0.39, 0.29) is 36.2 Å². The molecule has 0 aliphatic heterocycles. The maximum absolute atomic E-state index is 12.7. The lowest BCUT2D eigenvalue weighted by molar-refractivity contribution is -0.887. The predicted octanol–water partition coefficient (Wildman–Crippen LogP) is 11.5. The van der Waals surface area contributed by atoms with E-state index in [2.05, 4.69) is 26.0 Å². The molecule has 0 spiro atoms. The van der Waals surface area contributed by atoms with Gasteiger partial charge in [0.05, 0.1) is 34.4 Å². The molecule has 0 bridgehead atoms. The summed E-state index contributed by atoms with van der Waals surface area (Å²) in [5, 5.41) is 9.60. The van der Waals surface area contributed by atoms with E-state index in [1.54, 1.807) is 0 Å². The van der Waals surface area contributed by atoms with Crippen LogP contribution in [0.3, 0.4) is 0 Å². The average molecular weight is 739 g/mol. The van der Waals surface area contributed by atoms with Crippen LogP contribution >= 0.6 is 0 Å². The lowest BCUT2D eigenvalue weighted by Crippen LogP contribution is -2.50. The van der Waals surface area contributed by atoms with Crippen molar-refractivity contribution in [3.05, 3.63) is 12.2 Å². The molecule has 0 heterocycles. The molecule has 0 fully saturated rings. The first-order valence-corrected chi connectivity index (χ1v) is 21.7. The maximum atomic E-state index is 12.7. The molecule has 8 heteroatoms. The quantitative estimate of drug-likeness (QED) is 0.0290. The number of esters is 2. The highest BCUT2D eigenvalue weighted by Gasteiger charge is 2.31. The van der Waals surface area contributed by atoms with E-state index in [4.69, 9.17) is 14.2 Å². The van der Waals surface area contributed by atoms with Crippen molar-refractivity contribution in [1.82, 2.24) is 0 Å². The minimum atomic E-state index is -0.873. The van der Waals surface area contributed by atoms with Crippen LogP contribution in [0.1, 0.15) is 200 Å². The van der Waals surface area contributed by atoms with Crippen LogP contribution in [0.4, 0.5) is 0 Å². The van der Waals surface area contributed by atoms with Crippen molar-refractivity contribution < 1.29 is 38.2 Å². The van der Waals surface area contributed by atoms with E-state index in [0.717, 1.165) is 38.5 Å². The van der Waals surface area contributed by atoms with Crippen LogP contribution in [0.15, 0.2) is 12.2 Å². The number of allylic oxidation sites excluding steroid dienone is 2. The Morgan fingerprint density at radius 2 is 0.962 bits per heavy atom. The van der Waals surface area contributed by atoms with Crippen LogP contribution in [0.5, 0.6) is 0 Å². The summed E-state index contributed by atoms with van der Waals surface area (Å²) in [7, 11) is 5.53. The summed E-state index contributed by atoms with van der Waals surface area (Å²) in [6, 6.07) is -0.610. The van der Waals surface area contributed by atoms with Crippen LogP contribution in [-0.4, -0.2) is 80.6 Å². The Kier molecular flexibility index (Phi) is 34.7. The van der Waals surface area contributed by atoms with Gasteiger partial charge in [0.25, 0.3) is 0 Å². The van der Waals surface area contributed by atoms with Crippen molar-refractivity contribution in [2.75, 3.05) is 41.0 Å². The lowest BCUT2D eigenvalue weighted by atomic mass is 10.0. The molecule has 0 aliphatic carbocycles. The van der Waals surface area contributed by atoms with Crippen LogP contribution < -0.4 is 0 Å². The Labute approximate surface area is 320 Å². The Balaban J connectivity index is 4.33.